The van der Waals surface area contributed by atoms with Crippen molar-refractivity contribution in [3.63, 3.8) is 0 Å². The van der Waals surface area contributed by atoms with Crippen molar-refractivity contribution in [1.82, 2.24) is 16.0 Å². The van der Waals surface area contributed by atoms with Gasteiger partial charge in [-0.25, -0.2) is 14.4 Å². The van der Waals surface area contributed by atoms with Crippen molar-refractivity contribution < 1.29 is 28.0 Å². The summed E-state index contributed by atoms with van der Waals surface area (Å²) in [6.45, 7) is 0.318. The monoisotopic (exact) mass is 526 g/mol. The second-order valence-corrected chi connectivity index (χ2v) is 8.64. The van der Waals surface area contributed by atoms with Gasteiger partial charge in [-0.1, -0.05) is 36.4 Å². The molecule has 3 amide bonds. The van der Waals surface area contributed by atoms with Crippen LogP contribution in [0.25, 0.3) is 0 Å². The van der Waals surface area contributed by atoms with Gasteiger partial charge >= 0.3 is 26.9 Å². The van der Waals surface area contributed by atoms with Crippen molar-refractivity contribution in [3.05, 3.63) is 89.5 Å². The van der Waals surface area contributed by atoms with Gasteiger partial charge in [0, 0.05) is 36.7 Å². The van der Waals surface area contributed by atoms with Crippen LogP contribution in [0.3, 0.4) is 0 Å². The van der Waals surface area contributed by atoms with Gasteiger partial charge in [-0.2, -0.15) is 0 Å². The third-order valence-corrected chi connectivity index (χ3v) is 5.67. The summed E-state index contributed by atoms with van der Waals surface area (Å²) >= 11 is 0. The van der Waals surface area contributed by atoms with Gasteiger partial charge in [-0.3, -0.25) is 0 Å². The highest BCUT2D eigenvalue weighted by Gasteiger charge is 2.28. The summed E-state index contributed by atoms with van der Waals surface area (Å²) in [7, 11) is -2.73. The van der Waals surface area contributed by atoms with Gasteiger partial charge in [0.1, 0.15) is 0 Å². The van der Waals surface area contributed by atoms with E-state index in [2.05, 4.69) is 16.0 Å². The molecule has 0 bridgehead atoms. The van der Waals surface area contributed by atoms with E-state index in [4.69, 9.17) is 30.8 Å². The van der Waals surface area contributed by atoms with E-state index in [0.717, 1.165) is 16.7 Å². The summed E-state index contributed by atoms with van der Waals surface area (Å²) < 4.78 is 15.2. The number of anilines is 3. The summed E-state index contributed by atoms with van der Waals surface area (Å²) in [6.07, 6.45) is -2.87. The zero-order chi connectivity index (χ0) is 26.6. The first-order chi connectivity index (χ1) is 17.8. The van der Waals surface area contributed by atoms with Crippen LogP contribution in [0.1, 0.15) is 16.7 Å². The molecule has 0 unspecified atom stereocenters. The Hall–Kier alpha value is -4.70. The molecule has 0 aliphatic heterocycles. The van der Waals surface area contributed by atoms with Crippen molar-refractivity contribution in [3.8, 4) is 0 Å². The molecule has 12 nitrogen and oxygen atoms in total. The molecule has 3 rings (SSSR count). The highest BCUT2D eigenvalue weighted by atomic mass is 31.2. The van der Waals surface area contributed by atoms with E-state index >= 15 is 0 Å². The van der Waals surface area contributed by atoms with Gasteiger partial charge in [0.05, 0.1) is 0 Å². The number of rotatable bonds is 9. The Morgan fingerprint density at radius 3 is 1.00 bits per heavy atom. The fraction of sp³-hybridized carbons (Fsp3) is 0.125. The first kappa shape index (κ1) is 26.9. The topological polar surface area (TPSA) is 193 Å². The van der Waals surface area contributed by atoms with Crippen LogP contribution < -0.4 is 33.2 Å². The van der Waals surface area contributed by atoms with Crippen LogP contribution in [-0.2, 0) is 33.2 Å². The molecular weight excluding hydrogens is 499 g/mol. The van der Waals surface area contributed by atoms with E-state index in [1.807, 2.05) is 0 Å². The van der Waals surface area contributed by atoms with Gasteiger partial charge in [0.2, 0.25) is 0 Å². The molecule has 3 aromatic carbocycles. The fourth-order valence-corrected chi connectivity index (χ4v) is 3.50. The molecule has 0 atom stereocenters. The first-order valence-corrected chi connectivity index (χ1v) is 12.1. The Bertz CT molecular complexity index is 1040. The van der Waals surface area contributed by atoms with Crippen molar-refractivity contribution in [2.45, 2.75) is 19.6 Å². The lowest BCUT2D eigenvalue weighted by Gasteiger charge is -2.16. The Kier molecular flexibility index (Phi) is 9.74. The molecule has 0 heterocycles. The minimum Gasteiger partial charge on any atom is -0.399 e. The number of hydrogen-bond donors (Lipinski definition) is 6. The number of benzene rings is 3. The summed E-state index contributed by atoms with van der Waals surface area (Å²) in [5, 5.41) is 7.47. The van der Waals surface area contributed by atoms with E-state index in [0.29, 0.717) is 17.1 Å². The van der Waals surface area contributed by atoms with Crippen LogP contribution in [0, 0.1) is 0 Å². The average Bonchev–Trinajstić information content (AvgIpc) is 2.87. The van der Waals surface area contributed by atoms with Gasteiger partial charge < -0.3 is 46.7 Å². The lowest BCUT2D eigenvalue weighted by atomic mass is 10.2. The Balaban J connectivity index is 1.55. The highest BCUT2D eigenvalue weighted by molar-refractivity contribution is 7.43. The largest absolute Gasteiger partial charge is 0.540 e. The zero-order valence-corrected chi connectivity index (χ0v) is 20.6. The maximum atomic E-state index is 12.3. The molecule has 0 saturated heterocycles. The summed E-state index contributed by atoms with van der Waals surface area (Å²) in [5.41, 5.74) is 20.9. The number of nitrogens with one attached hydrogen (secondary N) is 3. The molecule has 13 heteroatoms. The minimum atomic E-state index is -2.73. The lowest BCUT2D eigenvalue weighted by Crippen LogP contribution is -2.28. The number of carbonyl (C=O) groups is 3. The molecule has 0 fully saturated rings. The molecule has 194 valence electrons. The summed E-state index contributed by atoms with van der Waals surface area (Å²) in [4.78, 5) is 36.9. The Morgan fingerprint density at radius 2 is 0.757 bits per heavy atom. The van der Waals surface area contributed by atoms with Crippen LogP contribution in [0.4, 0.5) is 31.4 Å². The molecule has 9 N–H and O–H groups in total. The van der Waals surface area contributed by atoms with Gasteiger partial charge in [0.25, 0.3) is 0 Å². The van der Waals surface area contributed by atoms with Gasteiger partial charge in [-0.05, 0) is 53.1 Å². The molecule has 0 aliphatic carbocycles. The third kappa shape index (κ3) is 9.82. The van der Waals surface area contributed by atoms with Crippen molar-refractivity contribution in [2.24, 2.45) is 0 Å². The lowest BCUT2D eigenvalue weighted by molar-refractivity contribution is 0.158. The number of carbonyl (C=O) groups excluding carboxylic acids is 3. The Morgan fingerprint density at radius 1 is 0.514 bits per heavy atom. The van der Waals surface area contributed by atoms with Crippen LogP contribution >= 0.6 is 8.60 Å². The van der Waals surface area contributed by atoms with Gasteiger partial charge in [-0.15, -0.1) is 0 Å². The summed E-state index contributed by atoms with van der Waals surface area (Å²) in [6, 6.07) is 20.4. The molecule has 0 aliphatic rings. The fourth-order valence-electron chi connectivity index (χ4n) is 2.78. The Labute approximate surface area is 214 Å². The standard InChI is InChI=1S/C24H27N6O6P/c25-19-7-1-16(2-8-19)13-28-22(31)34-37(35-23(32)29-14-17-3-9-20(26)10-4-17)36-24(33)30-15-18-5-11-21(27)12-6-18/h1-12H,13-15,25-27H2,(H,28,31)(H,29,32)(H,30,33). The smallest absolute Gasteiger partial charge is 0.399 e. The number of nitrogen functional groups attached to an aromatic ring is 3. The van der Waals surface area contributed by atoms with Crippen LogP contribution in [0.15, 0.2) is 72.8 Å². The normalized spacial score (nSPS) is 10.3. The average molecular weight is 526 g/mol. The van der Waals surface area contributed by atoms with Crippen molar-refractivity contribution in [2.75, 3.05) is 17.2 Å². The minimum absolute atomic E-state index is 0.106. The third-order valence-electron chi connectivity index (χ3n) is 4.72. The molecule has 37 heavy (non-hydrogen) atoms. The molecule has 3 aromatic rings. The number of hydrogen-bond acceptors (Lipinski definition) is 9. The van der Waals surface area contributed by atoms with E-state index in [-0.39, 0.29) is 19.6 Å². The second-order valence-electron chi connectivity index (χ2n) is 7.65. The van der Waals surface area contributed by atoms with Crippen molar-refractivity contribution in [1.29, 1.82) is 0 Å². The van der Waals surface area contributed by atoms with Crippen LogP contribution in [0.5, 0.6) is 0 Å². The SMILES string of the molecule is Nc1ccc(CNC(=O)OP(OC(=O)NCc2ccc(N)cc2)OC(=O)NCc2ccc(N)cc2)cc1. The molecule has 0 spiro atoms. The number of amides is 3. The zero-order valence-electron chi connectivity index (χ0n) is 19.7. The maximum Gasteiger partial charge on any atom is 0.540 e. The predicted molar refractivity (Wildman–Crippen MR) is 139 cm³/mol. The first-order valence-electron chi connectivity index (χ1n) is 11.0. The number of nitrogens with two attached hydrogens (primary N) is 3. The van der Waals surface area contributed by atoms with E-state index in [1.54, 1.807) is 72.8 Å². The molecule has 0 radical (unpaired) electrons. The van der Waals surface area contributed by atoms with E-state index in [9.17, 15) is 14.4 Å². The van der Waals surface area contributed by atoms with Crippen LogP contribution in [0.2, 0.25) is 0 Å². The van der Waals surface area contributed by atoms with E-state index in [1.165, 1.54) is 0 Å². The van der Waals surface area contributed by atoms with Crippen LogP contribution in [-0.4, -0.2) is 18.3 Å². The molecular formula is C24H27N6O6P. The quantitative estimate of drug-likeness (QED) is 0.178. The maximum absolute atomic E-state index is 12.3. The highest BCUT2D eigenvalue weighted by Crippen LogP contribution is 2.40. The van der Waals surface area contributed by atoms with Crippen molar-refractivity contribution >= 4 is 43.9 Å². The van der Waals surface area contributed by atoms with E-state index < -0.39 is 26.9 Å². The van der Waals surface area contributed by atoms with Gasteiger partial charge in [0.15, 0.2) is 0 Å². The molecule has 0 saturated carbocycles. The predicted octanol–water partition coefficient (Wildman–Crippen LogP) is 3.74. The second kappa shape index (κ2) is 13.4. The molecule has 0 aromatic heterocycles. The summed E-state index contributed by atoms with van der Waals surface area (Å²) in [5.74, 6) is 0.